The van der Waals surface area contributed by atoms with Crippen LogP contribution in [0.15, 0.2) is 48.5 Å². The highest BCUT2D eigenvalue weighted by Crippen LogP contribution is 2.18. The first-order chi connectivity index (χ1) is 15.5. The number of hydrogen-bond acceptors (Lipinski definition) is 4. The Labute approximate surface area is 196 Å². The Balaban J connectivity index is 2.28. The van der Waals surface area contributed by atoms with Crippen LogP contribution in [0.25, 0.3) is 0 Å². The lowest BCUT2D eigenvalue weighted by molar-refractivity contribution is -0.128. The number of carbonyl (C=O) groups is 3. The van der Waals surface area contributed by atoms with Gasteiger partial charge in [0.15, 0.2) is 0 Å². The summed E-state index contributed by atoms with van der Waals surface area (Å²) >= 11 is 0. The predicted octanol–water partition coefficient (Wildman–Crippen LogP) is 3.21. The van der Waals surface area contributed by atoms with E-state index in [1.807, 2.05) is 62.4 Å². The van der Waals surface area contributed by atoms with Gasteiger partial charge in [-0.2, -0.15) is 0 Å². The Kier molecular flexibility index (Phi) is 9.02. The molecule has 0 spiro atoms. The van der Waals surface area contributed by atoms with Gasteiger partial charge in [-0.3, -0.25) is 9.59 Å². The fraction of sp³-hybridized carbons (Fsp3) is 0.423. The average Bonchev–Trinajstić information content (AvgIpc) is 2.73. The third-order valence-corrected chi connectivity index (χ3v) is 5.25. The first-order valence-corrected chi connectivity index (χ1v) is 11.2. The largest absolute Gasteiger partial charge is 0.444 e. The van der Waals surface area contributed by atoms with Crippen LogP contribution in [-0.4, -0.2) is 35.6 Å². The molecule has 33 heavy (non-hydrogen) atoms. The summed E-state index contributed by atoms with van der Waals surface area (Å²) in [5.74, 6) is -1.14. The molecule has 0 radical (unpaired) electrons. The molecule has 0 saturated heterocycles. The summed E-state index contributed by atoms with van der Waals surface area (Å²) < 4.78 is 5.37. The second-order valence-electron chi connectivity index (χ2n) is 9.12. The fourth-order valence-corrected chi connectivity index (χ4v) is 3.59. The summed E-state index contributed by atoms with van der Waals surface area (Å²) in [6.07, 6.45) is 0.604. The maximum absolute atomic E-state index is 13.3. The first-order valence-electron chi connectivity index (χ1n) is 11.2. The van der Waals surface area contributed by atoms with Gasteiger partial charge in [-0.05, 0) is 56.4 Å². The van der Waals surface area contributed by atoms with Gasteiger partial charge in [-0.1, -0.05) is 55.5 Å². The minimum Gasteiger partial charge on any atom is -0.444 e. The van der Waals surface area contributed by atoms with Crippen LogP contribution in [0.4, 0.5) is 4.79 Å². The second-order valence-corrected chi connectivity index (χ2v) is 9.12. The zero-order chi connectivity index (χ0) is 24.6. The summed E-state index contributed by atoms with van der Waals surface area (Å²) in [6, 6.07) is 13.4. The first kappa shape index (κ1) is 25.9. The van der Waals surface area contributed by atoms with Crippen molar-refractivity contribution in [1.29, 1.82) is 0 Å². The number of hydrogen-bond donors (Lipinski definition) is 3. The lowest BCUT2D eigenvalue weighted by atomic mass is 9.93. The van der Waals surface area contributed by atoms with Gasteiger partial charge in [-0.25, -0.2) is 4.79 Å². The SMILES string of the molecule is CCc1cccc(C)c1C[C@H](NC(=O)OC(C)(C)C)C(=O)N[C@@H](Cc1ccccc1)C(N)=O. The molecule has 0 unspecified atom stereocenters. The fourth-order valence-electron chi connectivity index (χ4n) is 3.59. The van der Waals surface area contributed by atoms with Crippen molar-refractivity contribution in [2.24, 2.45) is 5.73 Å². The topological polar surface area (TPSA) is 111 Å². The van der Waals surface area contributed by atoms with Gasteiger partial charge in [0.2, 0.25) is 11.8 Å². The van der Waals surface area contributed by atoms with Gasteiger partial charge in [0, 0.05) is 12.8 Å². The number of amides is 3. The summed E-state index contributed by atoms with van der Waals surface area (Å²) in [5, 5.41) is 5.41. The summed E-state index contributed by atoms with van der Waals surface area (Å²) in [4.78, 5) is 37.9. The van der Waals surface area contributed by atoms with Crippen molar-refractivity contribution in [2.45, 2.75) is 71.6 Å². The molecule has 0 aliphatic heterocycles. The summed E-state index contributed by atoms with van der Waals surface area (Å²) in [5.41, 5.74) is 8.82. The Morgan fingerprint density at radius 2 is 1.61 bits per heavy atom. The van der Waals surface area contributed by atoms with Gasteiger partial charge in [0.25, 0.3) is 0 Å². The number of primary amides is 1. The van der Waals surface area contributed by atoms with E-state index in [4.69, 9.17) is 10.5 Å². The van der Waals surface area contributed by atoms with Gasteiger partial charge in [-0.15, -0.1) is 0 Å². The van der Waals surface area contributed by atoms with E-state index < -0.39 is 35.6 Å². The van der Waals surface area contributed by atoms with Crippen LogP contribution in [0.5, 0.6) is 0 Å². The lowest BCUT2D eigenvalue weighted by Gasteiger charge is -2.26. The maximum atomic E-state index is 13.3. The highest BCUT2D eigenvalue weighted by atomic mass is 16.6. The highest BCUT2D eigenvalue weighted by molar-refractivity contribution is 5.91. The zero-order valence-electron chi connectivity index (χ0n) is 20.1. The van der Waals surface area contributed by atoms with E-state index in [9.17, 15) is 14.4 Å². The zero-order valence-corrected chi connectivity index (χ0v) is 20.1. The molecule has 178 valence electrons. The Hall–Kier alpha value is -3.35. The van der Waals surface area contributed by atoms with Gasteiger partial charge >= 0.3 is 6.09 Å². The van der Waals surface area contributed by atoms with E-state index in [1.165, 1.54) is 0 Å². The number of rotatable bonds is 9. The highest BCUT2D eigenvalue weighted by Gasteiger charge is 2.29. The molecule has 0 fully saturated rings. The van der Waals surface area contributed by atoms with Gasteiger partial charge in [0.1, 0.15) is 17.7 Å². The molecule has 3 amide bonds. The molecule has 0 aliphatic carbocycles. The lowest BCUT2D eigenvalue weighted by Crippen LogP contribution is -2.55. The van der Waals surface area contributed by atoms with E-state index in [1.54, 1.807) is 20.8 Å². The van der Waals surface area contributed by atoms with Crippen LogP contribution in [0.2, 0.25) is 0 Å². The molecule has 2 aromatic rings. The van der Waals surface area contributed by atoms with Crippen molar-refractivity contribution in [3.63, 3.8) is 0 Å². The van der Waals surface area contributed by atoms with Crippen LogP contribution < -0.4 is 16.4 Å². The molecule has 0 saturated carbocycles. The van der Waals surface area contributed by atoms with E-state index in [2.05, 4.69) is 10.6 Å². The van der Waals surface area contributed by atoms with E-state index in [0.29, 0.717) is 0 Å². The number of ether oxygens (including phenoxy) is 1. The summed E-state index contributed by atoms with van der Waals surface area (Å²) in [7, 11) is 0. The molecule has 2 rings (SSSR count). The molecular formula is C26H35N3O4. The van der Waals surface area contributed by atoms with Crippen LogP contribution >= 0.6 is 0 Å². The molecule has 2 atom stereocenters. The molecule has 0 aliphatic rings. The predicted molar refractivity (Wildman–Crippen MR) is 129 cm³/mol. The number of aryl methyl sites for hydroxylation is 2. The third kappa shape index (κ3) is 8.25. The van der Waals surface area contributed by atoms with Crippen molar-refractivity contribution >= 4 is 17.9 Å². The number of nitrogens with two attached hydrogens (primary N) is 1. The molecule has 0 aromatic heterocycles. The Bertz CT molecular complexity index is 967. The van der Waals surface area contributed by atoms with Crippen LogP contribution in [-0.2, 0) is 33.6 Å². The van der Waals surface area contributed by atoms with Gasteiger partial charge < -0.3 is 21.1 Å². The second kappa shape index (κ2) is 11.5. The van der Waals surface area contributed by atoms with Crippen molar-refractivity contribution < 1.29 is 19.1 Å². The molecule has 0 bridgehead atoms. The van der Waals surface area contributed by atoms with Crippen molar-refractivity contribution in [3.8, 4) is 0 Å². The molecular weight excluding hydrogens is 418 g/mol. The third-order valence-electron chi connectivity index (χ3n) is 5.25. The van der Waals surface area contributed by atoms with E-state index in [0.717, 1.165) is 28.7 Å². The average molecular weight is 454 g/mol. The monoisotopic (exact) mass is 453 g/mol. The quantitative estimate of drug-likeness (QED) is 0.541. The Morgan fingerprint density at radius 1 is 0.939 bits per heavy atom. The van der Waals surface area contributed by atoms with Gasteiger partial charge in [0.05, 0.1) is 0 Å². The van der Waals surface area contributed by atoms with Crippen molar-refractivity contribution in [1.82, 2.24) is 10.6 Å². The number of benzene rings is 2. The van der Waals surface area contributed by atoms with Crippen LogP contribution in [0.1, 0.15) is 49.9 Å². The van der Waals surface area contributed by atoms with Crippen LogP contribution in [0, 0.1) is 6.92 Å². The van der Waals surface area contributed by atoms with E-state index in [-0.39, 0.29) is 12.8 Å². The van der Waals surface area contributed by atoms with Crippen molar-refractivity contribution in [3.05, 3.63) is 70.8 Å². The number of alkyl carbamates (subject to hydrolysis) is 1. The minimum atomic E-state index is -0.941. The molecule has 4 N–H and O–H groups in total. The molecule has 7 heteroatoms. The maximum Gasteiger partial charge on any atom is 0.408 e. The van der Waals surface area contributed by atoms with Crippen molar-refractivity contribution in [2.75, 3.05) is 0 Å². The standard InChI is InChI=1S/C26H35N3O4/c1-6-19-14-10-11-17(2)20(19)16-22(29-25(32)33-26(3,4)5)24(31)28-21(23(27)30)15-18-12-8-7-9-13-18/h7-14,21-22H,6,15-16H2,1-5H3,(H2,27,30)(H,28,31)(H,29,32)/t21-,22-/m0/s1. The molecule has 0 heterocycles. The number of carbonyl (C=O) groups excluding carboxylic acids is 3. The smallest absolute Gasteiger partial charge is 0.408 e. The normalized spacial score (nSPS) is 13.0. The minimum absolute atomic E-state index is 0.256. The Morgan fingerprint density at radius 3 is 2.18 bits per heavy atom. The molecule has 2 aromatic carbocycles. The van der Waals surface area contributed by atoms with Crippen LogP contribution in [0.3, 0.4) is 0 Å². The van der Waals surface area contributed by atoms with E-state index >= 15 is 0 Å². The number of nitrogens with one attached hydrogen (secondary N) is 2. The summed E-state index contributed by atoms with van der Waals surface area (Å²) in [6.45, 7) is 9.26. The molecule has 7 nitrogen and oxygen atoms in total.